The van der Waals surface area contributed by atoms with Crippen molar-refractivity contribution in [3.05, 3.63) is 23.2 Å². The Morgan fingerprint density at radius 2 is 2.12 bits per heavy atom. The van der Waals surface area contributed by atoms with Crippen LogP contribution in [0.3, 0.4) is 0 Å². The lowest BCUT2D eigenvalue weighted by Crippen LogP contribution is -2.39. The number of nitrogen functional groups attached to an aromatic ring is 1. The molecule has 1 aromatic rings. The first-order valence-electron chi connectivity index (χ1n) is 4.72. The molecule has 0 heterocycles. The van der Waals surface area contributed by atoms with Crippen LogP contribution in [-0.2, 0) is 4.79 Å². The van der Waals surface area contributed by atoms with Crippen LogP contribution in [0.15, 0.2) is 23.1 Å². The molecular formula is C10H12ClN3O2S. The maximum Gasteiger partial charge on any atom is 0.318 e. The Morgan fingerprint density at radius 3 is 2.71 bits per heavy atom. The van der Waals surface area contributed by atoms with E-state index in [0.29, 0.717) is 15.6 Å². The van der Waals surface area contributed by atoms with Crippen molar-refractivity contribution in [3.63, 3.8) is 0 Å². The summed E-state index contributed by atoms with van der Waals surface area (Å²) < 4.78 is 0. The van der Waals surface area contributed by atoms with Gasteiger partial charge in [-0.05, 0) is 25.1 Å². The summed E-state index contributed by atoms with van der Waals surface area (Å²) in [5.41, 5.74) is 11.0. The van der Waals surface area contributed by atoms with E-state index in [1.165, 1.54) is 11.8 Å². The van der Waals surface area contributed by atoms with Crippen molar-refractivity contribution >= 4 is 41.0 Å². The van der Waals surface area contributed by atoms with E-state index in [0.717, 1.165) is 0 Å². The minimum atomic E-state index is -0.874. The SMILES string of the molecule is CC(Sc1cc(N)ccc1Cl)C(=O)NC(N)=O. The van der Waals surface area contributed by atoms with Crippen LogP contribution in [0.4, 0.5) is 10.5 Å². The number of carbonyl (C=O) groups is 2. The summed E-state index contributed by atoms with van der Waals surface area (Å²) in [5.74, 6) is -0.471. The number of rotatable bonds is 3. The molecule has 0 aliphatic carbocycles. The van der Waals surface area contributed by atoms with Crippen LogP contribution in [-0.4, -0.2) is 17.2 Å². The van der Waals surface area contributed by atoms with Crippen molar-refractivity contribution in [2.75, 3.05) is 5.73 Å². The smallest absolute Gasteiger partial charge is 0.318 e. The number of nitrogens with one attached hydrogen (secondary N) is 1. The first-order chi connectivity index (χ1) is 7.90. The molecule has 0 aliphatic rings. The van der Waals surface area contributed by atoms with Crippen molar-refractivity contribution in [1.29, 1.82) is 0 Å². The third-order valence-electron chi connectivity index (χ3n) is 1.87. The monoisotopic (exact) mass is 273 g/mol. The maximum atomic E-state index is 11.4. The molecule has 3 amide bonds. The van der Waals surface area contributed by atoms with E-state index < -0.39 is 17.2 Å². The molecule has 0 aromatic heterocycles. The normalized spacial score (nSPS) is 11.9. The van der Waals surface area contributed by atoms with E-state index in [2.05, 4.69) is 0 Å². The first-order valence-corrected chi connectivity index (χ1v) is 5.98. The number of thioether (sulfide) groups is 1. The highest BCUT2D eigenvalue weighted by Gasteiger charge is 2.17. The molecule has 5 N–H and O–H groups in total. The Kier molecular flexibility index (Phi) is 4.65. The fourth-order valence-electron chi connectivity index (χ4n) is 1.08. The second-order valence-electron chi connectivity index (χ2n) is 3.30. The molecule has 1 atom stereocenters. The van der Waals surface area contributed by atoms with E-state index >= 15 is 0 Å². The second kappa shape index (κ2) is 5.79. The molecular weight excluding hydrogens is 262 g/mol. The fourth-order valence-corrected chi connectivity index (χ4v) is 2.26. The average Bonchev–Trinajstić information content (AvgIpc) is 2.22. The number of halogens is 1. The minimum absolute atomic E-state index is 0.471. The lowest BCUT2D eigenvalue weighted by Gasteiger charge is -2.11. The molecule has 0 aliphatic heterocycles. The second-order valence-corrected chi connectivity index (χ2v) is 5.09. The molecule has 17 heavy (non-hydrogen) atoms. The topological polar surface area (TPSA) is 98.2 Å². The van der Waals surface area contributed by atoms with Crippen molar-refractivity contribution < 1.29 is 9.59 Å². The Balaban J connectivity index is 2.73. The van der Waals surface area contributed by atoms with Gasteiger partial charge in [0.15, 0.2) is 0 Å². The molecule has 7 heteroatoms. The lowest BCUT2D eigenvalue weighted by molar-refractivity contribution is -0.119. The van der Waals surface area contributed by atoms with Gasteiger partial charge in [-0.2, -0.15) is 0 Å². The number of imide groups is 1. The van der Waals surface area contributed by atoms with Gasteiger partial charge in [-0.15, -0.1) is 11.8 Å². The number of benzene rings is 1. The summed E-state index contributed by atoms with van der Waals surface area (Å²) in [6.45, 7) is 1.64. The Hall–Kier alpha value is -1.40. The fraction of sp³-hybridized carbons (Fsp3) is 0.200. The highest BCUT2D eigenvalue weighted by molar-refractivity contribution is 8.00. The molecule has 92 valence electrons. The van der Waals surface area contributed by atoms with Gasteiger partial charge in [0, 0.05) is 10.6 Å². The van der Waals surface area contributed by atoms with Gasteiger partial charge >= 0.3 is 6.03 Å². The molecule has 0 bridgehead atoms. The molecule has 0 saturated heterocycles. The van der Waals surface area contributed by atoms with Gasteiger partial charge in [0.25, 0.3) is 0 Å². The number of hydrogen-bond acceptors (Lipinski definition) is 4. The highest BCUT2D eigenvalue weighted by atomic mass is 35.5. The molecule has 0 saturated carbocycles. The quantitative estimate of drug-likeness (QED) is 0.575. The lowest BCUT2D eigenvalue weighted by atomic mass is 10.3. The van der Waals surface area contributed by atoms with Gasteiger partial charge in [-0.25, -0.2) is 4.79 Å². The van der Waals surface area contributed by atoms with Gasteiger partial charge in [-0.1, -0.05) is 11.6 Å². The van der Waals surface area contributed by atoms with E-state index in [-0.39, 0.29) is 0 Å². The maximum absolute atomic E-state index is 11.4. The highest BCUT2D eigenvalue weighted by Crippen LogP contribution is 2.31. The van der Waals surface area contributed by atoms with E-state index in [9.17, 15) is 9.59 Å². The number of carbonyl (C=O) groups excluding carboxylic acids is 2. The molecule has 0 radical (unpaired) electrons. The summed E-state index contributed by atoms with van der Waals surface area (Å²) in [5, 5.41) is 2.01. The average molecular weight is 274 g/mol. The predicted molar refractivity (Wildman–Crippen MR) is 68.9 cm³/mol. The number of anilines is 1. The zero-order valence-corrected chi connectivity index (χ0v) is 10.6. The van der Waals surface area contributed by atoms with Crippen LogP contribution in [0.1, 0.15) is 6.92 Å². The summed E-state index contributed by atoms with van der Waals surface area (Å²) in [6, 6.07) is 4.11. The van der Waals surface area contributed by atoms with Crippen molar-refractivity contribution in [2.45, 2.75) is 17.1 Å². The molecule has 5 nitrogen and oxygen atoms in total. The number of primary amides is 1. The van der Waals surface area contributed by atoms with Crippen LogP contribution in [0, 0.1) is 0 Å². The van der Waals surface area contributed by atoms with Crippen molar-refractivity contribution in [3.8, 4) is 0 Å². The van der Waals surface area contributed by atoms with Crippen LogP contribution in [0.2, 0.25) is 5.02 Å². The van der Waals surface area contributed by atoms with Crippen molar-refractivity contribution in [2.24, 2.45) is 5.73 Å². The van der Waals surface area contributed by atoms with Gasteiger partial charge < -0.3 is 11.5 Å². The Labute approximate surface area is 108 Å². The number of urea groups is 1. The molecule has 0 fully saturated rings. The molecule has 1 aromatic carbocycles. The summed E-state index contributed by atoms with van der Waals surface area (Å²) in [4.78, 5) is 22.6. The summed E-state index contributed by atoms with van der Waals surface area (Å²) >= 11 is 7.15. The summed E-state index contributed by atoms with van der Waals surface area (Å²) in [6.07, 6.45) is 0. The van der Waals surface area contributed by atoms with E-state index in [1.54, 1.807) is 25.1 Å². The number of hydrogen-bond donors (Lipinski definition) is 3. The zero-order chi connectivity index (χ0) is 13.0. The van der Waals surface area contributed by atoms with Crippen LogP contribution < -0.4 is 16.8 Å². The van der Waals surface area contributed by atoms with E-state index in [1.807, 2.05) is 5.32 Å². The number of amides is 3. The van der Waals surface area contributed by atoms with Gasteiger partial charge in [-0.3, -0.25) is 10.1 Å². The zero-order valence-electron chi connectivity index (χ0n) is 9.07. The molecule has 0 spiro atoms. The standard InChI is InChI=1S/C10H12ClN3O2S/c1-5(9(15)14-10(13)16)17-8-4-6(12)2-3-7(8)11/h2-5H,12H2,1H3,(H3,13,14,15,16). The van der Waals surface area contributed by atoms with E-state index in [4.69, 9.17) is 23.1 Å². The van der Waals surface area contributed by atoms with Crippen LogP contribution in [0.25, 0.3) is 0 Å². The first kappa shape index (κ1) is 13.7. The Bertz CT molecular complexity index is 453. The molecule has 1 unspecified atom stereocenters. The minimum Gasteiger partial charge on any atom is -0.399 e. The van der Waals surface area contributed by atoms with Crippen molar-refractivity contribution in [1.82, 2.24) is 5.32 Å². The molecule has 1 rings (SSSR count). The van der Waals surface area contributed by atoms with Crippen LogP contribution in [0.5, 0.6) is 0 Å². The largest absolute Gasteiger partial charge is 0.399 e. The third kappa shape index (κ3) is 4.16. The number of nitrogens with two attached hydrogens (primary N) is 2. The van der Waals surface area contributed by atoms with Gasteiger partial charge in [0.1, 0.15) is 0 Å². The van der Waals surface area contributed by atoms with Gasteiger partial charge in [0.2, 0.25) is 5.91 Å². The third-order valence-corrected chi connectivity index (χ3v) is 3.48. The van der Waals surface area contributed by atoms with Gasteiger partial charge in [0.05, 0.1) is 10.3 Å². The summed E-state index contributed by atoms with van der Waals surface area (Å²) in [7, 11) is 0. The predicted octanol–water partition coefficient (Wildman–Crippen LogP) is 1.60. The Morgan fingerprint density at radius 1 is 1.47 bits per heavy atom. The van der Waals surface area contributed by atoms with Crippen LogP contribution >= 0.6 is 23.4 Å².